The van der Waals surface area contributed by atoms with Gasteiger partial charge in [0.15, 0.2) is 6.04 Å². The van der Waals surface area contributed by atoms with Crippen LogP contribution in [0.3, 0.4) is 0 Å². The van der Waals surface area contributed by atoms with E-state index in [1.54, 1.807) is 5.32 Å². The molecule has 0 aliphatic rings. The molecule has 7 nitrogen and oxygen atoms in total. The van der Waals surface area contributed by atoms with Crippen molar-refractivity contribution in [3.63, 3.8) is 0 Å². The van der Waals surface area contributed by atoms with E-state index in [0.717, 1.165) is 44.2 Å². The van der Waals surface area contributed by atoms with E-state index >= 15 is 0 Å². The summed E-state index contributed by atoms with van der Waals surface area (Å²) in [4.78, 5) is 29.6. The number of alkyl halides is 6. The lowest BCUT2D eigenvalue weighted by atomic mass is 9.98. The van der Waals surface area contributed by atoms with Gasteiger partial charge < -0.3 is 10.4 Å². The maximum atomic E-state index is 13.4. The molecule has 2 N–H and O–H groups in total. The summed E-state index contributed by atoms with van der Waals surface area (Å²) in [6, 6.07) is 4.55. The van der Waals surface area contributed by atoms with Crippen LogP contribution in [0.1, 0.15) is 29.8 Å². The average molecular weight is 500 g/mol. The van der Waals surface area contributed by atoms with Crippen LogP contribution in [0.4, 0.5) is 26.3 Å². The standard InChI is InChI=1S/C22H18F6N4O3/c1-20(2,35)19(22(26,27)28)30-17(33)15-10-16(12-5-7-13(8-6-12)21(23,24)25)31-32(18(15)34)14-4-3-9-29-11-14/h3-11,19,35H,1-2H3,(H,30,33)/t19-/m1/s1. The number of carbonyl (C=O) groups is 1. The number of rotatable bonds is 5. The van der Waals surface area contributed by atoms with Crippen LogP contribution >= 0.6 is 0 Å². The fourth-order valence-electron chi connectivity index (χ4n) is 3.15. The predicted molar refractivity (Wildman–Crippen MR) is 112 cm³/mol. The third-order valence-corrected chi connectivity index (χ3v) is 4.86. The molecule has 0 radical (unpaired) electrons. The zero-order valence-corrected chi connectivity index (χ0v) is 18.1. The van der Waals surface area contributed by atoms with Crippen molar-refractivity contribution in [3.8, 4) is 16.9 Å². The van der Waals surface area contributed by atoms with E-state index in [0.29, 0.717) is 4.68 Å². The maximum absolute atomic E-state index is 13.4. The lowest BCUT2D eigenvalue weighted by molar-refractivity contribution is -0.192. The first-order valence-corrected chi connectivity index (χ1v) is 9.91. The van der Waals surface area contributed by atoms with E-state index in [9.17, 15) is 41.0 Å². The Balaban J connectivity index is 2.16. The molecule has 0 spiro atoms. The van der Waals surface area contributed by atoms with E-state index in [1.165, 1.54) is 24.5 Å². The molecule has 1 aromatic carbocycles. The number of aromatic nitrogens is 3. The van der Waals surface area contributed by atoms with Crippen molar-refractivity contribution in [3.05, 3.63) is 76.3 Å². The number of hydrogen-bond donors (Lipinski definition) is 2. The van der Waals surface area contributed by atoms with E-state index in [4.69, 9.17) is 0 Å². The molecule has 35 heavy (non-hydrogen) atoms. The number of aliphatic hydroxyl groups is 1. The molecule has 0 fully saturated rings. The summed E-state index contributed by atoms with van der Waals surface area (Å²) in [6.45, 7) is 1.67. The largest absolute Gasteiger partial charge is 0.416 e. The van der Waals surface area contributed by atoms with Gasteiger partial charge in [-0.05, 0) is 44.2 Å². The smallest absolute Gasteiger partial charge is 0.388 e. The average Bonchev–Trinajstić information content (AvgIpc) is 2.76. The molecule has 2 heterocycles. The first kappa shape index (κ1) is 25.9. The lowest BCUT2D eigenvalue weighted by Crippen LogP contribution is -2.58. The van der Waals surface area contributed by atoms with Crippen LogP contribution < -0.4 is 10.9 Å². The zero-order valence-electron chi connectivity index (χ0n) is 18.1. The summed E-state index contributed by atoms with van der Waals surface area (Å²) < 4.78 is 79.8. The fraction of sp³-hybridized carbons (Fsp3) is 0.273. The monoisotopic (exact) mass is 500 g/mol. The number of amides is 1. The quantitative estimate of drug-likeness (QED) is 0.521. The van der Waals surface area contributed by atoms with Gasteiger partial charge in [-0.15, -0.1) is 0 Å². The van der Waals surface area contributed by atoms with Crippen molar-refractivity contribution in [1.82, 2.24) is 20.1 Å². The van der Waals surface area contributed by atoms with Crippen LogP contribution in [-0.4, -0.2) is 43.6 Å². The van der Waals surface area contributed by atoms with Crippen LogP contribution in [-0.2, 0) is 6.18 Å². The summed E-state index contributed by atoms with van der Waals surface area (Å²) in [6.07, 6.45) is -7.10. The topological polar surface area (TPSA) is 97.1 Å². The Morgan fingerprint density at radius 3 is 2.17 bits per heavy atom. The first-order chi connectivity index (χ1) is 16.1. The number of nitrogens with one attached hydrogen (secondary N) is 1. The van der Waals surface area contributed by atoms with Crippen LogP contribution in [0.2, 0.25) is 0 Å². The Kier molecular flexibility index (Phi) is 6.75. The normalized spacial score (nSPS) is 13.4. The van der Waals surface area contributed by atoms with Crippen LogP contribution in [0.25, 0.3) is 16.9 Å². The Labute approximate surface area is 194 Å². The molecule has 2 aromatic heterocycles. The summed E-state index contributed by atoms with van der Waals surface area (Å²) in [5, 5.41) is 15.6. The number of hydrogen-bond acceptors (Lipinski definition) is 5. The second-order valence-electron chi connectivity index (χ2n) is 8.05. The van der Waals surface area contributed by atoms with Gasteiger partial charge in [0.2, 0.25) is 0 Å². The Hall–Kier alpha value is -3.74. The minimum atomic E-state index is -5.06. The van der Waals surface area contributed by atoms with Crippen molar-refractivity contribution in [1.29, 1.82) is 0 Å². The minimum Gasteiger partial charge on any atom is -0.388 e. The Bertz CT molecular complexity index is 1250. The Morgan fingerprint density at radius 2 is 1.69 bits per heavy atom. The summed E-state index contributed by atoms with van der Waals surface area (Å²) in [7, 11) is 0. The molecule has 1 amide bonds. The van der Waals surface area contributed by atoms with Gasteiger partial charge >= 0.3 is 12.4 Å². The Morgan fingerprint density at radius 1 is 1.06 bits per heavy atom. The summed E-state index contributed by atoms with van der Waals surface area (Å²) in [5.41, 5.74) is -5.34. The van der Waals surface area contributed by atoms with Gasteiger partial charge in [-0.2, -0.15) is 36.1 Å². The van der Waals surface area contributed by atoms with Crippen LogP contribution in [0.15, 0.2) is 59.7 Å². The first-order valence-electron chi connectivity index (χ1n) is 9.91. The number of carbonyl (C=O) groups excluding carboxylic acids is 1. The van der Waals surface area contributed by atoms with Gasteiger partial charge in [-0.3, -0.25) is 14.6 Å². The second-order valence-corrected chi connectivity index (χ2v) is 8.05. The maximum Gasteiger partial charge on any atom is 0.416 e. The number of benzene rings is 1. The van der Waals surface area contributed by atoms with E-state index < -0.39 is 46.6 Å². The van der Waals surface area contributed by atoms with E-state index in [2.05, 4.69) is 10.1 Å². The highest BCUT2D eigenvalue weighted by atomic mass is 19.4. The molecule has 0 saturated carbocycles. The molecular weight excluding hydrogens is 482 g/mol. The van der Waals surface area contributed by atoms with Gasteiger partial charge in [0, 0.05) is 11.8 Å². The van der Waals surface area contributed by atoms with Gasteiger partial charge in [0.25, 0.3) is 11.5 Å². The zero-order chi connectivity index (χ0) is 26.2. The molecule has 0 aliphatic carbocycles. The van der Waals surface area contributed by atoms with Crippen LogP contribution in [0.5, 0.6) is 0 Å². The van der Waals surface area contributed by atoms with Gasteiger partial charge in [-0.25, -0.2) is 0 Å². The SMILES string of the molecule is CC(C)(O)[C@@H](NC(=O)c1cc(-c2ccc(C(F)(F)F)cc2)nn(-c2cccnc2)c1=O)C(F)(F)F. The molecule has 1 atom stereocenters. The molecule has 13 heteroatoms. The number of pyridine rings is 1. The lowest BCUT2D eigenvalue weighted by Gasteiger charge is -2.31. The summed E-state index contributed by atoms with van der Waals surface area (Å²) >= 11 is 0. The highest BCUT2D eigenvalue weighted by molar-refractivity contribution is 5.95. The van der Waals surface area contributed by atoms with Gasteiger partial charge in [0.05, 0.1) is 28.7 Å². The van der Waals surface area contributed by atoms with Gasteiger partial charge in [-0.1, -0.05) is 12.1 Å². The molecular formula is C22H18F6N4O3. The molecule has 0 aliphatic heterocycles. The second kappa shape index (κ2) is 9.13. The molecule has 0 saturated heterocycles. The number of nitrogens with zero attached hydrogens (tertiary/aromatic N) is 3. The highest BCUT2D eigenvalue weighted by Gasteiger charge is 2.49. The van der Waals surface area contributed by atoms with Crippen molar-refractivity contribution < 1.29 is 36.2 Å². The predicted octanol–water partition coefficient (Wildman–Crippen LogP) is 3.74. The molecule has 186 valence electrons. The number of halogens is 6. The fourth-order valence-corrected chi connectivity index (χ4v) is 3.15. The van der Waals surface area contributed by atoms with Crippen LogP contribution in [0, 0.1) is 0 Å². The third kappa shape index (κ3) is 5.85. The van der Waals surface area contributed by atoms with E-state index in [1.807, 2.05) is 0 Å². The van der Waals surface area contributed by atoms with E-state index in [-0.39, 0.29) is 16.9 Å². The van der Waals surface area contributed by atoms with Crippen molar-refractivity contribution in [2.45, 2.75) is 37.8 Å². The summed E-state index contributed by atoms with van der Waals surface area (Å²) in [5.74, 6) is -1.47. The minimum absolute atomic E-state index is 0.0511. The molecule has 3 rings (SSSR count). The third-order valence-electron chi connectivity index (χ3n) is 4.86. The highest BCUT2D eigenvalue weighted by Crippen LogP contribution is 2.31. The molecule has 0 bridgehead atoms. The van der Waals surface area contributed by atoms with Crippen molar-refractivity contribution >= 4 is 5.91 Å². The molecule has 0 unspecified atom stereocenters. The van der Waals surface area contributed by atoms with Crippen molar-refractivity contribution in [2.24, 2.45) is 0 Å². The molecule has 3 aromatic rings. The van der Waals surface area contributed by atoms with Gasteiger partial charge in [0.1, 0.15) is 5.56 Å². The van der Waals surface area contributed by atoms with Crippen molar-refractivity contribution in [2.75, 3.05) is 0 Å².